The summed E-state index contributed by atoms with van der Waals surface area (Å²) >= 11 is 1.61. The summed E-state index contributed by atoms with van der Waals surface area (Å²) in [4.78, 5) is 18.6. The minimum Gasteiger partial charge on any atom is -0.372 e. The van der Waals surface area contributed by atoms with Crippen LogP contribution in [0.3, 0.4) is 0 Å². The van der Waals surface area contributed by atoms with Gasteiger partial charge in [0.15, 0.2) is 5.96 Å². The van der Waals surface area contributed by atoms with E-state index in [0.717, 1.165) is 41.9 Å². The minimum absolute atomic E-state index is 0.0108. The Morgan fingerprint density at radius 3 is 2.58 bits per heavy atom. The van der Waals surface area contributed by atoms with Gasteiger partial charge in [0.2, 0.25) is 5.91 Å². The van der Waals surface area contributed by atoms with Crippen LogP contribution in [-0.4, -0.2) is 36.9 Å². The fraction of sp³-hybridized carbons (Fsp3) is 0.345. The van der Waals surface area contributed by atoms with Crippen molar-refractivity contribution in [3.05, 3.63) is 76.0 Å². The molecule has 0 aliphatic carbocycles. The number of amides is 1. The first-order chi connectivity index (χ1) is 17.3. The zero-order chi connectivity index (χ0) is 25.4. The summed E-state index contributed by atoms with van der Waals surface area (Å²) in [6, 6.07) is 20.5. The maximum absolute atomic E-state index is 13.7. The number of hydrogen-bond acceptors (Lipinski definition) is 5. The lowest BCUT2D eigenvalue weighted by Gasteiger charge is -2.49. The van der Waals surface area contributed by atoms with E-state index in [4.69, 9.17) is 5.41 Å². The Hall–Kier alpha value is -3.63. The van der Waals surface area contributed by atoms with Gasteiger partial charge in [-0.25, -0.2) is 0 Å². The van der Waals surface area contributed by atoms with Gasteiger partial charge in [0, 0.05) is 30.7 Å². The van der Waals surface area contributed by atoms with Crippen molar-refractivity contribution in [2.24, 2.45) is 11.8 Å². The Morgan fingerprint density at radius 2 is 1.86 bits per heavy atom. The summed E-state index contributed by atoms with van der Waals surface area (Å²) in [5, 5.41) is 23.3. The van der Waals surface area contributed by atoms with Crippen LogP contribution in [-0.2, 0) is 10.3 Å². The number of thiophene rings is 1. The molecule has 2 aromatic carbocycles. The van der Waals surface area contributed by atoms with Crippen molar-refractivity contribution in [1.82, 2.24) is 10.2 Å². The number of hydrogen-bond donors (Lipinski definition) is 2. The van der Waals surface area contributed by atoms with Gasteiger partial charge in [0.05, 0.1) is 23.1 Å². The van der Waals surface area contributed by atoms with E-state index in [1.54, 1.807) is 24.5 Å². The van der Waals surface area contributed by atoms with Crippen LogP contribution in [0.4, 0.5) is 5.69 Å². The fourth-order valence-corrected chi connectivity index (χ4v) is 6.78. The molecule has 184 valence electrons. The van der Waals surface area contributed by atoms with E-state index >= 15 is 0 Å². The molecule has 0 saturated carbocycles. The van der Waals surface area contributed by atoms with E-state index in [1.807, 2.05) is 18.2 Å². The zero-order valence-electron chi connectivity index (χ0n) is 20.9. The lowest BCUT2D eigenvalue weighted by molar-refractivity contribution is -0.138. The third kappa shape index (κ3) is 4.27. The van der Waals surface area contributed by atoms with Gasteiger partial charge in [-0.15, -0.1) is 11.3 Å². The molecule has 1 unspecified atom stereocenters. The average Bonchev–Trinajstić information content (AvgIpc) is 3.39. The Bertz CT molecular complexity index is 1350. The summed E-state index contributed by atoms with van der Waals surface area (Å²) in [6.07, 6.45) is 1.84. The first-order valence-corrected chi connectivity index (χ1v) is 13.2. The number of guanidine groups is 1. The zero-order valence-corrected chi connectivity index (χ0v) is 21.7. The number of benzene rings is 2. The first-order valence-electron chi connectivity index (χ1n) is 12.4. The van der Waals surface area contributed by atoms with E-state index < -0.39 is 5.54 Å². The van der Waals surface area contributed by atoms with Crippen molar-refractivity contribution in [1.29, 1.82) is 10.7 Å². The number of carbonyl (C=O) groups excluding carboxylic acids is 1. The number of nitrogens with zero attached hydrogens (tertiary/aromatic N) is 3. The monoisotopic (exact) mass is 497 g/mol. The number of aryl methyl sites for hydroxylation is 1. The maximum atomic E-state index is 13.7. The Morgan fingerprint density at radius 1 is 1.11 bits per heavy atom. The van der Waals surface area contributed by atoms with Crippen LogP contribution >= 0.6 is 11.3 Å². The second-order valence-electron chi connectivity index (χ2n) is 10.1. The van der Waals surface area contributed by atoms with E-state index in [9.17, 15) is 10.1 Å². The third-order valence-corrected chi connectivity index (χ3v) is 8.91. The van der Waals surface area contributed by atoms with Gasteiger partial charge in [-0.05, 0) is 85.0 Å². The van der Waals surface area contributed by atoms with E-state index in [-0.39, 0.29) is 23.7 Å². The number of rotatable bonds is 4. The van der Waals surface area contributed by atoms with Crippen molar-refractivity contribution >= 4 is 28.9 Å². The van der Waals surface area contributed by atoms with E-state index in [1.165, 1.54) is 16.2 Å². The van der Waals surface area contributed by atoms with Crippen molar-refractivity contribution in [3.63, 3.8) is 0 Å². The first kappa shape index (κ1) is 24.1. The van der Waals surface area contributed by atoms with Gasteiger partial charge >= 0.3 is 0 Å². The number of carbonyl (C=O) groups is 1. The number of piperidine rings is 1. The topological polar surface area (TPSA) is 83.2 Å². The molecule has 5 rings (SSSR count). The third-order valence-electron chi connectivity index (χ3n) is 7.75. The van der Waals surface area contributed by atoms with Crippen molar-refractivity contribution in [2.75, 3.05) is 25.0 Å². The highest BCUT2D eigenvalue weighted by atomic mass is 32.1. The molecule has 0 spiro atoms. The predicted molar refractivity (Wildman–Crippen MR) is 145 cm³/mol. The molecule has 2 N–H and O–H groups in total. The van der Waals surface area contributed by atoms with Gasteiger partial charge in [0.1, 0.15) is 0 Å². The van der Waals surface area contributed by atoms with Gasteiger partial charge < -0.3 is 10.2 Å². The Kier molecular flexibility index (Phi) is 6.31. The highest BCUT2D eigenvalue weighted by Gasteiger charge is 2.52. The predicted octanol–water partition coefficient (Wildman–Crippen LogP) is 5.34. The van der Waals surface area contributed by atoms with Gasteiger partial charge in [0.25, 0.3) is 0 Å². The molecule has 2 saturated heterocycles. The van der Waals surface area contributed by atoms with E-state index in [2.05, 4.69) is 65.8 Å². The Balaban J connectivity index is 1.44. The molecule has 2 atom stereocenters. The molecule has 7 heteroatoms. The molecule has 1 amide bonds. The maximum Gasteiger partial charge on any atom is 0.235 e. The molecule has 1 aromatic heterocycles. The summed E-state index contributed by atoms with van der Waals surface area (Å²) in [6.45, 7) is 6.01. The number of anilines is 1. The second kappa shape index (κ2) is 9.44. The molecule has 0 bridgehead atoms. The molecule has 2 aliphatic rings. The van der Waals surface area contributed by atoms with Crippen LogP contribution in [0.25, 0.3) is 11.1 Å². The lowest BCUT2D eigenvalue weighted by atomic mass is 9.70. The van der Waals surface area contributed by atoms with Gasteiger partial charge in [-0.3, -0.25) is 15.1 Å². The normalized spacial score (nSPS) is 22.9. The molecule has 2 fully saturated rings. The summed E-state index contributed by atoms with van der Waals surface area (Å²) in [5.74, 6) is 0.0846. The lowest BCUT2D eigenvalue weighted by Crippen LogP contribution is -2.65. The van der Waals surface area contributed by atoms with Crippen LogP contribution < -0.4 is 10.2 Å². The summed E-state index contributed by atoms with van der Waals surface area (Å²) in [5.41, 5.74) is 4.46. The average molecular weight is 498 g/mol. The minimum atomic E-state index is -0.674. The summed E-state index contributed by atoms with van der Waals surface area (Å²) < 4.78 is 0. The molecule has 0 radical (unpaired) electrons. The quantitative estimate of drug-likeness (QED) is 0.510. The Labute approximate surface area is 216 Å². The van der Waals surface area contributed by atoms with Crippen LogP contribution in [0, 0.1) is 35.5 Å². The molecular formula is C29H31N5OS. The highest BCUT2D eigenvalue weighted by molar-refractivity contribution is 7.10. The molecule has 2 aliphatic heterocycles. The van der Waals surface area contributed by atoms with Crippen molar-refractivity contribution < 1.29 is 4.79 Å². The molecule has 6 nitrogen and oxygen atoms in total. The van der Waals surface area contributed by atoms with Crippen LogP contribution in [0.15, 0.2) is 60.0 Å². The standard InChI is InChI=1S/C29H31N5OS/c1-19-6-4-9-24(14-19)34-12-10-21(11-13-34)26-27(35)33(3)28(31)32-29(26,2)25-16-23(18-36-25)22-8-5-7-20(15-22)17-30/h4-9,14-16,18,21,26H,10-13H2,1-3H3,(H2,31,32)/t26?,29-/m1/s1. The van der Waals surface area contributed by atoms with Crippen LogP contribution in [0.2, 0.25) is 0 Å². The van der Waals surface area contributed by atoms with Crippen molar-refractivity contribution in [2.45, 2.75) is 32.2 Å². The SMILES string of the molecule is Cc1cccc(N2CCC(C3C(=O)N(C)C(=N)N[C@]3(C)c3cc(-c4cccc(C#N)c4)cs3)CC2)c1. The second-order valence-corrected chi connectivity index (χ2v) is 11.0. The smallest absolute Gasteiger partial charge is 0.235 e. The van der Waals surface area contributed by atoms with Gasteiger partial charge in [-0.2, -0.15) is 5.26 Å². The molecule has 3 heterocycles. The van der Waals surface area contributed by atoms with Crippen molar-refractivity contribution in [3.8, 4) is 17.2 Å². The number of nitriles is 1. The van der Waals surface area contributed by atoms with E-state index in [0.29, 0.717) is 5.56 Å². The molecule has 3 aromatic rings. The molecular weight excluding hydrogens is 466 g/mol. The van der Waals surface area contributed by atoms with Gasteiger partial charge in [-0.1, -0.05) is 24.3 Å². The highest BCUT2D eigenvalue weighted by Crippen LogP contribution is 2.45. The number of nitrogens with one attached hydrogen (secondary N) is 2. The largest absolute Gasteiger partial charge is 0.372 e. The van der Waals surface area contributed by atoms with Crippen LogP contribution in [0.1, 0.15) is 35.8 Å². The fourth-order valence-electron chi connectivity index (χ4n) is 5.71. The van der Waals surface area contributed by atoms with Crippen LogP contribution in [0.5, 0.6) is 0 Å². The summed E-state index contributed by atoms with van der Waals surface area (Å²) in [7, 11) is 1.69. The molecule has 36 heavy (non-hydrogen) atoms.